The number of benzene rings is 1. The number of rotatable bonds is 2. The summed E-state index contributed by atoms with van der Waals surface area (Å²) in [5, 5.41) is 10.1. The van der Waals surface area contributed by atoms with Crippen LogP contribution in [0.1, 0.15) is 51.3 Å². The monoisotopic (exact) mass is 206 g/mol. The van der Waals surface area contributed by atoms with E-state index in [-0.39, 0.29) is 5.41 Å². The molecule has 15 heavy (non-hydrogen) atoms. The zero-order valence-electron chi connectivity index (χ0n) is 10.5. The third kappa shape index (κ3) is 2.53. The van der Waals surface area contributed by atoms with Crippen LogP contribution in [0.4, 0.5) is 0 Å². The van der Waals surface area contributed by atoms with Gasteiger partial charge >= 0.3 is 0 Å². The van der Waals surface area contributed by atoms with Crippen molar-refractivity contribution in [1.82, 2.24) is 0 Å². The van der Waals surface area contributed by atoms with Gasteiger partial charge in [0.2, 0.25) is 0 Å². The first-order valence-electron chi connectivity index (χ1n) is 5.75. The molecule has 0 aliphatic heterocycles. The van der Waals surface area contributed by atoms with Gasteiger partial charge in [0.25, 0.3) is 0 Å². The highest BCUT2D eigenvalue weighted by molar-refractivity contribution is 5.47. The van der Waals surface area contributed by atoms with E-state index in [0.29, 0.717) is 5.75 Å². The second-order valence-electron chi connectivity index (χ2n) is 5.11. The molecule has 1 rings (SSSR count). The lowest BCUT2D eigenvalue weighted by atomic mass is 9.83. The summed E-state index contributed by atoms with van der Waals surface area (Å²) < 4.78 is 0. The largest absolute Gasteiger partial charge is 0.507 e. The lowest BCUT2D eigenvalue weighted by Gasteiger charge is -2.23. The molecule has 0 saturated carbocycles. The van der Waals surface area contributed by atoms with Gasteiger partial charge in [0, 0.05) is 0 Å². The predicted molar refractivity (Wildman–Crippen MR) is 65.6 cm³/mol. The quantitative estimate of drug-likeness (QED) is 0.780. The minimum Gasteiger partial charge on any atom is -0.507 e. The molecule has 84 valence electrons. The predicted octanol–water partition coefficient (Wildman–Crippen LogP) is 3.81. The molecule has 1 N–H and O–H groups in total. The summed E-state index contributed by atoms with van der Waals surface area (Å²) in [7, 11) is 0. The Kier molecular flexibility index (Phi) is 3.43. The molecule has 0 bridgehead atoms. The minimum absolute atomic E-state index is 0.0131. The van der Waals surface area contributed by atoms with Crippen molar-refractivity contribution in [3.05, 3.63) is 28.8 Å². The van der Waals surface area contributed by atoms with E-state index in [0.717, 1.165) is 24.0 Å². The minimum atomic E-state index is 0.0131. The van der Waals surface area contributed by atoms with E-state index < -0.39 is 0 Å². The van der Waals surface area contributed by atoms with Crippen LogP contribution in [0.15, 0.2) is 12.1 Å². The Morgan fingerprint density at radius 3 is 2.07 bits per heavy atom. The van der Waals surface area contributed by atoms with E-state index in [1.54, 1.807) is 0 Å². The third-order valence-corrected chi connectivity index (χ3v) is 2.85. The Bertz CT molecular complexity index is 345. The van der Waals surface area contributed by atoms with E-state index in [2.05, 4.69) is 46.8 Å². The molecule has 1 aromatic rings. The second-order valence-corrected chi connectivity index (χ2v) is 5.11. The zero-order valence-corrected chi connectivity index (χ0v) is 10.5. The summed E-state index contributed by atoms with van der Waals surface area (Å²) in [5.74, 6) is 0.488. The van der Waals surface area contributed by atoms with E-state index in [4.69, 9.17) is 0 Å². The molecule has 0 saturated heterocycles. The molecular weight excluding hydrogens is 184 g/mol. The van der Waals surface area contributed by atoms with Gasteiger partial charge in [0.05, 0.1) is 0 Å². The summed E-state index contributed by atoms with van der Waals surface area (Å²) in [6, 6.07) is 4.25. The number of phenols is 1. The molecule has 1 nitrogen and oxygen atoms in total. The first-order chi connectivity index (χ1) is 6.90. The van der Waals surface area contributed by atoms with Crippen molar-refractivity contribution in [1.29, 1.82) is 0 Å². The molecule has 0 spiro atoms. The van der Waals surface area contributed by atoms with Crippen LogP contribution in [0.25, 0.3) is 0 Å². The van der Waals surface area contributed by atoms with E-state index in [9.17, 15) is 5.11 Å². The third-order valence-electron chi connectivity index (χ3n) is 2.85. The molecule has 1 aromatic carbocycles. The molecule has 0 aliphatic rings. The smallest absolute Gasteiger partial charge is 0.122 e. The standard InChI is InChI=1S/C14H22O/c1-6-10-8-11(7-2)13(15)12(9-10)14(3,4)5/h8-9,15H,6-7H2,1-5H3. The van der Waals surface area contributed by atoms with Crippen LogP contribution in [0.2, 0.25) is 0 Å². The maximum atomic E-state index is 10.1. The maximum Gasteiger partial charge on any atom is 0.122 e. The van der Waals surface area contributed by atoms with Gasteiger partial charge in [-0.1, -0.05) is 46.8 Å². The number of aryl methyl sites for hydroxylation is 2. The molecule has 0 amide bonds. The first kappa shape index (κ1) is 12.1. The van der Waals surface area contributed by atoms with Gasteiger partial charge in [0.15, 0.2) is 0 Å². The average Bonchev–Trinajstić information content (AvgIpc) is 2.16. The molecule has 0 fully saturated rings. The lowest BCUT2D eigenvalue weighted by Crippen LogP contribution is -2.12. The molecule has 0 unspecified atom stereocenters. The normalized spacial score (nSPS) is 11.8. The Morgan fingerprint density at radius 1 is 1.07 bits per heavy atom. The molecule has 0 heterocycles. The van der Waals surface area contributed by atoms with Crippen LogP contribution in [-0.2, 0) is 18.3 Å². The fraction of sp³-hybridized carbons (Fsp3) is 0.571. The van der Waals surface area contributed by atoms with Crippen LogP contribution in [0.3, 0.4) is 0 Å². The Morgan fingerprint density at radius 2 is 1.67 bits per heavy atom. The summed E-state index contributed by atoms with van der Waals surface area (Å²) in [5.41, 5.74) is 3.46. The van der Waals surface area contributed by atoms with Crippen molar-refractivity contribution in [2.24, 2.45) is 0 Å². The average molecular weight is 206 g/mol. The van der Waals surface area contributed by atoms with Crippen molar-refractivity contribution in [2.45, 2.75) is 52.9 Å². The van der Waals surface area contributed by atoms with Crippen LogP contribution >= 0.6 is 0 Å². The Balaban J connectivity index is 3.37. The Hall–Kier alpha value is -0.980. The fourth-order valence-corrected chi connectivity index (χ4v) is 1.81. The van der Waals surface area contributed by atoms with E-state index >= 15 is 0 Å². The number of phenolic OH excluding ortho intramolecular Hbond substituents is 1. The highest BCUT2D eigenvalue weighted by Gasteiger charge is 2.20. The molecule has 1 heteroatoms. The van der Waals surface area contributed by atoms with Crippen molar-refractivity contribution < 1.29 is 5.11 Å². The van der Waals surface area contributed by atoms with Gasteiger partial charge in [-0.2, -0.15) is 0 Å². The van der Waals surface area contributed by atoms with E-state index in [1.807, 2.05) is 0 Å². The summed E-state index contributed by atoms with van der Waals surface area (Å²) in [6.45, 7) is 10.7. The fourth-order valence-electron chi connectivity index (χ4n) is 1.81. The lowest BCUT2D eigenvalue weighted by molar-refractivity contribution is 0.440. The molecule has 0 radical (unpaired) electrons. The molecule has 0 atom stereocenters. The van der Waals surface area contributed by atoms with Gasteiger partial charge in [-0.05, 0) is 34.9 Å². The summed E-state index contributed by atoms with van der Waals surface area (Å²) in [6.07, 6.45) is 1.92. The number of aromatic hydroxyl groups is 1. The van der Waals surface area contributed by atoms with Gasteiger partial charge in [-0.3, -0.25) is 0 Å². The van der Waals surface area contributed by atoms with Crippen molar-refractivity contribution >= 4 is 0 Å². The van der Waals surface area contributed by atoms with Crippen LogP contribution < -0.4 is 0 Å². The van der Waals surface area contributed by atoms with Crippen LogP contribution in [0, 0.1) is 0 Å². The van der Waals surface area contributed by atoms with E-state index in [1.165, 1.54) is 5.56 Å². The number of hydrogen-bond donors (Lipinski definition) is 1. The van der Waals surface area contributed by atoms with Gasteiger partial charge in [-0.15, -0.1) is 0 Å². The zero-order chi connectivity index (χ0) is 11.6. The van der Waals surface area contributed by atoms with Crippen LogP contribution in [0.5, 0.6) is 5.75 Å². The van der Waals surface area contributed by atoms with Gasteiger partial charge in [-0.25, -0.2) is 0 Å². The maximum absolute atomic E-state index is 10.1. The molecular formula is C14H22O. The van der Waals surface area contributed by atoms with Crippen molar-refractivity contribution in [3.8, 4) is 5.75 Å². The highest BCUT2D eigenvalue weighted by Crippen LogP contribution is 2.34. The SMILES string of the molecule is CCc1cc(CC)c(O)c(C(C)(C)C)c1. The topological polar surface area (TPSA) is 20.2 Å². The summed E-state index contributed by atoms with van der Waals surface area (Å²) in [4.78, 5) is 0. The number of hydrogen-bond acceptors (Lipinski definition) is 1. The van der Waals surface area contributed by atoms with Gasteiger partial charge in [0.1, 0.15) is 5.75 Å². The van der Waals surface area contributed by atoms with Gasteiger partial charge < -0.3 is 5.11 Å². The van der Waals surface area contributed by atoms with Crippen molar-refractivity contribution in [3.63, 3.8) is 0 Å². The summed E-state index contributed by atoms with van der Waals surface area (Å²) >= 11 is 0. The molecule has 0 aliphatic carbocycles. The Labute approximate surface area is 93.1 Å². The highest BCUT2D eigenvalue weighted by atomic mass is 16.3. The first-order valence-corrected chi connectivity index (χ1v) is 5.75. The second kappa shape index (κ2) is 4.26. The molecule has 0 aromatic heterocycles. The van der Waals surface area contributed by atoms with Crippen molar-refractivity contribution in [2.75, 3.05) is 0 Å². The van der Waals surface area contributed by atoms with Crippen LogP contribution in [-0.4, -0.2) is 5.11 Å².